The van der Waals surface area contributed by atoms with Gasteiger partial charge in [0.25, 0.3) is 10.0 Å². The number of pyridine rings is 4. The molecule has 5 aromatic heterocycles. The van der Waals surface area contributed by atoms with Gasteiger partial charge in [-0.25, -0.2) is 23.4 Å². The van der Waals surface area contributed by atoms with Gasteiger partial charge in [-0.3, -0.25) is 9.71 Å². The van der Waals surface area contributed by atoms with Crippen molar-refractivity contribution in [3.05, 3.63) is 78.4 Å². The third-order valence-corrected chi connectivity index (χ3v) is 6.82. The van der Waals surface area contributed by atoms with Crippen molar-refractivity contribution < 1.29 is 17.5 Å². The molecule has 0 radical (unpaired) electrons. The van der Waals surface area contributed by atoms with Crippen LogP contribution in [0.1, 0.15) is 0 Å². The maximum absolute atomic E-state index is 13.8. The topological polar surface area (TPSA) is 123 Å². The SMILES string of the molecule is COc1ccc(-c2cnc3[nH]cc(-c4cc(F)ncc4Cl)c3c2)nc1NS(=O)(=O)c1cccnc1. The number of halogens is 2. The molecule has 176 valence electrons. The molecule has 0 unspecified atom stereocenters. The minimum atomic E-state index is -3.95. The fourth-order valence-corrected chi connectivity index (χ4v) is 4.70. The highest BCUT2D eigenvalue weighted by Gasteiger charge is 2.19. The molecule has 0 aliphatic carbocycles. The maximum atomic E-state index is 13.8. The van der Waals surface area contributed by atoms with Crippen LogP contribution in [-0.4, -0.2) is 40.4 Å². The summed E-state index contributed by atoms with van der Waals surface area (Å²) in [5.41, 5.74) is 2.67. The fourth-order valence-electron chi connectivity index (χ4n) is 3.52. The van der Waals surface area contributed by atoms with Crippen molar-refractivity contribution in [2.24, 2.45) is 0 Å². The summed E-state index contributed by atoms with van der Waals surface area (Å²) < 4.78 is 47.1. The molecule has 5 heterocycles. The van der Waals surface area contributed by atoms with Gasteiger partial charge in [-0.05, 0) is 30.3 Å². The summed E-state index contributed by atoms with van der Waals surface area (Å²) in [6.45, 7) is 0. The highest BCUT2D eigenvalue weighted by molar-refractivity contribution is 7.92. The summed E-state index contributed by atoms with van der Waals surface area (Å²) in [5, 5.41) is 0.956. The van der Waals surface area contributed by atoms with E-state index in [0.717, 1.165) is 0 Å². The van der Waals surface area contributed by atoms with Crippen molar-refractivity contribution in [2.45, 2.75) is 4.90 Å². The number of fused-ring (bicyclic) bond motifs is 1. The van der Waals surface area contributed by atoms with Crippen LogP contribution in [0.5, 0.6) is 5.75 Å². The molecule has 35 heavy (non-hydrogen) atoms. The standard InChI is InChI=1S/C23H16ClFN6O3S/c1-34-20-5-4-19(30-23(20)31-35(32,33)14-3-2-6-26-10-14)13-7-16-17(11-29-22(16)28-9-13)15-8-21(25)27-12-18(15)24/h2-12H,1H3,(H,28,29)(H,30,31). The van der Waals surface area contributed by atoms with Crippen LogP contribution < -0.4 is 9.46 Å². The highest BCUT2D eigenvalue weighted by atomic mass is 35.5. The second-order valence-corrected chi connectivity index (χ2v) is 9.44. The predicted octanol–water partition coefficient (Wildman–Crippen LogP) is 4.68. The summed E-state index contributed by atoms with van der Waals surface area (Å²) in [7, 11) is -2.54. The molecule has 0 amide bonds. The number of ether oxygens (including phenoxy) is 1. The maximum Gasteiger partial charge on any atom is 0.264 e. The minimum Gasteiger partial charge on any atom is -0.493 e. The van der Waals surface area contributed by atoms with E-state index in [1.807, 2.05) is 0 Å². The second-order valence-electron chi connectivity index (χ2n) is 7.35. The van der Waals surface area contributed by atoms with Crippen LogP contribution in [0.2, 0.25) is 5.02 Å². The number of nitrogens with one attached hydrogen (secondary N) is 2. The van der Waals surface area contributed by atoms with Gasteiger partial charge in [-0.1, -0.05) is 11.6 Å². The number of hydrogen-bond acceptors (Lipinski definition) is 7. The van der Waals surface area contributed by atoms with Crippen molar-refractivity contribution in [3.8, 4) is 28.1 Å². The molecule has 0 aliphatic heterocycles. The number of hydrogen-bond donors (Lipinski definition) is 2. The number of nitrogens with zero attached hydrogens (tertiary/aromatic N) is 4. The zero-order valence-corrected chi connectivity index (χ0v) is 19.6. The van der Waals surface area contributed by atoms with Gasteiger partial charge in [0, 0.05) is 59.1 Å². The number of aromatic nitrogens is 5. The lowest BCUT2D eigenvalue weighted by atomic mass is 10.0. The highest BCUT2D eigenvalue weighted by Crippen LogP contribution is 2.35. The lowest BCUT2D eigenvalue weighted by Crippen LogP contribution is -2.15. The van der Waals surface area contributed by atoms with Gasteiger partial charge in [-0.2, -0.15) is 4.39 Å². The molecule has 5 aromatic rings. The Morgan fingerprint density at radius 3 is 2.71 bits per heavy atom. The molecular formula is C23H16ClFN6O3S. The molecule has 0 saturated carbocycles. The average molecular weight is 511 g/mol. The summed E-state index contributed by atoms with van der Waals surface area (Å²) in [6.07, 6.45) is 7.22. The largest absolute Gasteiger partial charge is 0.493 e. The van der Waals surface area contributed by atoms with Gasteiger partial charge in [0.15, 0.2) is 11.6 Å². The first-order chi connectivity index (χ1) is 16.9. The Labute approximate surface area is 204 Å². The molecule has 9 nitrogen and oxygen atoms in total. The van der Waals surface area contributed by atoms with Crippen molar-refractivity contribution in [1.29, 1.82) is 0 Å². The van der Waals surface area contributed by atoms with Gasteiger partial charge in [-0.15, -0.1) is 0 Å². The molecule has 0 saturated heterocycles. The van der Waals surface area contributed by atoms with Crippen molar-refractivity contribution in [3.63, 3.8) is 0 Å². The fraction of sp³-hybridized carbons (Fsp3) is 0.0435. The smallest absolute Gasteiger partial charge is 0.264 e. The summed E-state index contributed by atoms with van der Waals surface area (Å²) in [4.78, 5) is 19.3. The zero-order chi connectivity index (χ0) is 24.6. The molecule has 0 atom stereocenters. The van der Waals surface area contributed by atoms with E-state index in [9.17, 15) is 12.8 Å². The third-order valence-electron chi connectivity index (χ3n) is 5.19. The molecular weight excluding hydrogens is 495 g/mol. The summed E-state index contributed by atoms with van der Waals surface area (Å²) in [6, 6.07) is 9.26. The summed E-state index contributed by atoms with van der Waals surface area (Å²) in [5.74, 6) is -0.427. The van der Waals surface area contributed by atoms with Crippen LogP contribution in [0.3, 0.4) is 0 Å². The Balaban J connectivity index is 1.58. The lowest BCUT2D eigenvalue weighted by Gasteiger charge is -2.12. The Morgan fingerprint density at radius 1 is 1.09 bits per heavy atom. The molecule has 12 heteroatoms. The number of H-pyrrole nitrogens is 1. The van der Waals surface area contributed by atoms with Crippen LogP contribution in [0, 0.1) is 5.95 Å². The van der Waals surface area contributed by atoms with E-state index in [1.165, 1.54) is 43.9 Å². The first-order valence-electron chi connectivity index (χ1n) is 10.1. The van der Waals surface area contributed by atoms with Crippen molar-refractivity contribution in [1.82, 2.24) is 24.9 Å². The molecule has 0 fully saturated rings. The normalized spacial score (nSPS) is 11.5. The van der Waals surface area contributed by atoms with E-state index in [-0.39, 0.29) is 21.5 Å². The predicted molar refractivity (Wildman–Crippen MR) is 129 cm³/mol. The van der Waals surface area contributed by atoms with Gasteiger partial charge < -0.3 is 9.72 Å². The van der Waals surface area contributed by atoms with Crippen LogP contribution in [-0.2, 0) is 10.0 Å². The minimum absolute atomic E-state index is 0.00231. The molecule has 0 aromatic carbocycles. The number of anilines is 1. The quantitative estimate of drug-likeness (QED) is 0.318. The van der Waals surface area contributed by atoms with E-state index < -0.39 is 16.0 Å². The number of rotatable bonds is 6. The monoisotopic (exact) mass is 510 g/mol. The zero-order valence-electron chi connectivity index (χ0n) is 18.0. The average Bonchev–Trinajstić information content (AvgIpc) is 3.29. The summed E-state index contributed by atoms with van der Waals surface area (Å²) >= 11 is 6.25. The molecule has 0 spiro atoms. The van der Waals surface area contributed by atoms with Crippen molar-refractivity contribution >= 4 is 38.5 Å². The third kappa shape index (κ3) is 4.38. The van der Waals surface area contributed by atoms with Crippen LogP contribution >= 0.6 is 11.6 Å². The number of sulfonamides is 1. The molecule has 2 N–H and O–H groups in total. The number of methoxy groups -OCH3 is 1. The Hall–Kier alpha value is -4.09. The molecule has 5 rings (SSSR count). The van der Waals surface area contributed by atoms with E-state index in [2.05, 4.69) is 29.6 Å². The molecule has 0 bridgehead atoms. The Morgan fingerprint density at radius 2 is 1.94 bits per heavy atom. The lowest BCUT2D eigenvalue weighted by molar-refractivity contribution is 0.415. The van der Waals surface area contributed by atoms with Crippen LogP contribution in [0.25, 0.3) is 33.4 Å². The van der Waals surface area contributed by atoms with Crippen LogP contribution in [0.15, 0.2) is 72.3 Å². The van der Waals surface area contributed by atoms with Gasteiger partial charge in [0.2, 0.25) is 5.95 Å². The van der Waals surface area contributed by atoms with Crippen LogP contribution in [0.4, 0.5) is 10.2 Å². The van der Waals surface area contributed by atoms with E-state index in [4.69, 9.17) is 16.3 Å². The van der Waals surface area contributed by atoms with Crippen molar-refractivity contribution in [2.75, 3.05) is 11.8 Å². The first-order valence-corrected chi connectivity index (χ1v) is 12.0. The van der Waals surface area contributed by atoms with Gasteiger partial charge >= 0.3 is 0 Å². The Bertz CT molecular complexity index is 1660. The van der Waals surface area contributed by atoms with E-state index in [1.54, 1.807) is 30.6 Å². The van der Waals surface area contributed by atoms with Gasteiger partial charge in [0.1, 0.15) is 10.5 Å². The first kappa shape index (κ1) is 22.7. The number of aromatic amines is 1. The second kappa shape index (κ2) is 8.93. The van der Waals surface area contributed by atoms with E-state index in [0.29, 0.717) is 33.4 Å². The molecule has 0 aliphatic rings. The van der Waals surface area contributed by atoms with Gasteiger partial charge in [0.05, 0.1) is 17.8 Å². The van der Waals surface area contributed by atoms with E-state index >= 15 is 0 Å². The Kier molecular flexibility index (Phi) is 5.79.